The molecule has 0 aromatic heterocycles. The van der Waals surface area contributed by atoms with Crippen LogP contribution in [0.5, 0.6) is 17.2 Å². The highest BCUT2D eigenvalue weighted by atomic mass is 35.5. The maximum absolute atomic E-state index is 14.6. The summed E-state index contributed by atoms with van der Waals surface area (Å²) in [6.45, 7) is 1.81. The molecule has 0 radical (unpaired) electrons. The molecule has 7 rings (SSSR count). The number of hydrogen-bond acceptors (Lipinski definition) is 7. The fourth-order valence-corrected chi connectivity index (χ4v) is 8.52. The normalized spacial score (nSPS) is 28.2. The van der Waals surface area contributed by atoms with Gasteiger partial charge in [0.05, 0.1) is 54.6 Å². The number of likely N-dealkylation sites (tertiary alicyclic amines) is 1. The van der Waals surface area contributed by atoms with Crippen molar-refractivity contribution >= 4 is 40.9 Å². The summed E-state index contributed by atoms with van der Waals surface area (Å²) in [5.41, 5.74) is 0.428. The summed E-state index contributed by atoms with van der Waals surface area (Å²) in [7, 11) is 2.87. The summed E-state index contributed by atoms with van der Waals surface area (Å²) in [4.78, 5) is 59.2. The summed E-state index contributed by atoms with van der Waals surface area (Å²) in [5.74, 6) is -5.90. The second kappa shape index (κ2) is 11.2. The Balaban J connectivity index is 1.38. The molecule has 4 aliphatic rings. The van der Waals surface area contributed by atoms with E-state index in [9.17, 15) is 28.7 Å². The predicted octanol–water partition coefficient (Wildman–Crippen LogP) is 5.63. The smallest absolute Gasteiger partial charge is 0.241 e. The molecule has 0 unspecified atom stereocenters. The van der Waals surface area contributed by atoms with Crippen molar-refractivity contribution in [3.05, 3.63) is 94.3 Å². The highest BCUT2D eigenvalue weighted by Crippen LogP contribution is 2.65. The van der Waals surface area contributed by atoms with Crippen LogP contribution >= 0.6 is 11.6 Å². The first-order valence-corrected chi connectivity index (χ1v) is 15.8. The lowest BCUT2D eigenvalue weighted by atomic mass is 9.51. The number of benzene rings is 3. The lowest BCUT2D eigenvalue weighted by Crippen LogP contribution is -2.49. The topological polar surface area (TPSA) is 113 Å². The first kappa shape index (κ1) is 30.9. The van der Waals surface area contributed by atoms with Crippen LogP contribution in [-0.2, 0) is 25.7 Å². The van der Waals surface area contributed by atoms with Gasteiger partial charge in [-0.3, -0.25) is 24.1 Å². The molecule has 1 N–H and O–H groups in total. The molecule has 11 heteroatoms. The van der Waals surface area contributed by atoms with Gasteiger partial charge in [-0.05, 0) is 49.4 Å². The molecule has 4 amide bonds. The number of carbonyl (C=O) groups excluding carboxylic acids is 4. The molecular formula is C36H32ClFN2O7. The van der Waals surface area contributed by atoms with Crippen LogP contribution in [0.3, 0.4) is 0 Å². The van der Waals surface area contributed by atoms with E-state index in [1.54, 1.807) is 13.0 Å². The third kappa shape index (κ3) is 4.48. The molecule has 3 aromatic rings. The van der Waals surface area contributed by atoms with Gasteiger partial charge in [0.25, 0.3) is 0 Å². The Morgan fingerprint density at radius 1 is 0.957 bits per heavy atom. The number of anilines is 1. The van der Waals surface area contributed by atoms with Crippen molar-refractivity contribution in [2.75, 3.05) is 19.1 Å². The molecular weight excluding hydrogens is 627 g/mol. The lowest BCUT2D eigenvalue weighted by Gasteiger charge is -2.49. The summed E-state index contributed by atoms with van der Waals surface area (Å²) in [6, 6.07) is 15.9. The van der Waals surface area contributed by atoms with Crippen LogP contribution < -0.4 is 14.4 Å². The molecule has 6 atom stereocenters. The average Bonchev–Trinajstić information content (AvgIpc) is 3.42. The minimum absolute atomic E-state index is 0.114. The predicted molar refractivity (Wildman–Crippen MR) is 169 cm³/mol. The van der Waals surface area contributed by atoms with Crippen LogP contribution in [0.25, 0.3) is 0 Å². The number of amides is 4. The highest BCUT2D eigenvalue weighted by Gasteiger charge is 2.68. The minimum atomic E-state index is -1.46. The molecule has 0 bridgehead atoms. The largest absolute Gasteiger partial charge is 0.507 e. The van der Waals surface area contributed by atoms with Gasteiger partial charge in [-0.15, -0.1) is 0 Å². The van der Waals surface area contributed by atoms with Gasteiger partial charge in [0.15, 0.2) is 0 Å². The SMILES string of the molecule is COc1cc(O)c([C@H]2C3=CC[C@@H]4C(=O)N(Cc5ccccc5)C(=O)[C@@H]4[C@@H]3C[C@H]3C(=O)N(c4ccc(F)c(Cl)c4)C(=O)[C@@]23C)c(OC)c1. The van der Waals surface area contributed by atoms with E-state index in [1.807, 2.05) is 36.4 Å². The number of methoxy groups -OCH3 is 2. The van der Waals surface area contributed by atoms with Gasteiger partial charge in [0.1, 0.15) is 23.1 Å². The van der Waals surface area contributed by atoms with Crippen LogP contribution in [0.15, 0.2) is 72.3 Å². The van der Waals surface area contributed by atoms with E-state index in [2.05, 4.69) is 0 Å². The molecule has 242 valence electrons. The van der Waals surface area contributed by atoms with Crippen LogP contribution in [0.2, 0.25) is 5.02 Å². The molecule has 1 saturated carbocycles. The molecule has 2 aliphatic heterocycles. The van der Waals surface area contributed by atoms with Crippen molar-refractivity contribution < 1.29 is 38.1 Å². The molecule has 2 heterocycles. The number of nitrogens with zero attached hydrogens (tertiary/aromatic N) is 2. The molecule has 2 saturated heterocycles. The Morgan fingerprint density at radius 3 is 2.38 bits per heavy atom. The van der Waals surface area contributed by atoms with Crippen LogP contribution in [0.1, 0.15) is 36.8 Å². The van der Waals surface area contributed by atoms with Crippen molar-refractivity contribution in [2.24, 2.45) is 29.1 Å². The molecule has 2 aliphatic carbocycles. The van der Waals surface area contributed by atoms with Gasteiger partial charge < -0.3 is 14.6 Å². The maximum atomic E-state index is 14.6. The average molecular weight is 659 g/mol. The second-order valence-electron chi connectivity index (χ2n) is 12.8. The van der Waals surface area contributed by atoms with E-state index in [4.69, 9.17) is 21.1 Å². The van der Waals surface area contributed by atoms with Crippen LogP contribution in [0, 0.1) is 34.9 Å². The van der Waals surface area contributed by atoms with Crippen molar-refractivity contribution in [2.45, 2.75) is 32.2 Å². The lowest BCUT2D eigenvalue weighted by molar-refractivity contribution is -0.141. The third-order valence-corrected chi connectivity index (χ3v) is 10.8. The van der Waals surface area contributed by atoms with E-state index in [0.29, 0.717) is 11.3 Å². The van der Waals surface area contributed by atoms with Crippen molar-refractivity contribution in [1.29, 1.82) is 0 Å². The summed E-state index contributed by atoms with van der Waals surface area (Å²) < 4.78 is 25.2. The summed E-state index contributed by atoms with van der Waals surface area (Å²) >= 11 is 6.08. The van der Waals surface area contributed by atoms with Gasteiger partial charge in [-0.25, -0.2) is 9.29 Å². The Hall–Kier alpha value is -4.70. The van der Waals surface area contributed by atoms with Crippen molar-refractivity contribution in [1.82, 2.24) is 4.90 Å². The number of fused-ring (bicyclic) bond motifs is 4. The first-order valence-electron chi connectivity index (χ1n) is 15.4. The zero-order valence-corrected chi connectivity index (χ0v) is 26.7. The Labute approximate surface area is 275 Å². The number of phenolic OH excluding ortho intramolecular Hbond substituents is 1. The number of carbonyl (C=O) groups is 4. The van der Waals surface area contributed by atoms with Gasteiger partial charge in [-0.1, -0.05) is 53.6 Å². The van der Waals surface area contributed by atoms with Crippen molar-refractivity contribution in [3.8, 4) is 17.2 Å². The molecule has 3 fully saturated rings. The van der Waals surface area contributed by atoms with Crippen LogP contribution in [-0.4, -0.2) is 47.9 Å². The second-order valence-corrected chi connectivity index (χ2v) is 13.2. The zero-order valence-electron chi connectivity index (χ0n) is 25.9. The number of ether oxygens (including phenoxy) is 2. The quantitative estimate of drug-likeness (QED) is 0.270. The standard InChI is InChI=1S/C36H32ClFN2O7/c1-36-24(33(43)40(35(36)45)19-9-12-26(38)25(37)13-19)16-23-21(31(36)30-27(41)14-20(46-2)15-28(30)47-3)10-11-22-29(23)34(44)39(32(22)42)17-18-7-5-4-6-8-18/h4-10,12-15,22-24,29,31,41H,11,16-17H2,1-3H3/t22-,23+,24-,29-,31+,36+/m0/s1. The zero-order chi connectivity index (χ0) is 33.4. The van der Waals surface area contributed by atoms with Gasteiger partial charge in [0.2, 0.25) is 23.6 Å². The van der Waals surface area contributed by atoms with Gasteiger partial charge in [0, 0.05) is 23.6 Å². The highest BCUT2D eigenvalue weighted by molar-refractivity contribution is 6.31. The monoisotopic (exact) mass is 658 g/mol. The minimum Gasteiger partial charge on any atom is -0.507 e. The third-order valence-electron chi connectivity index (χ3n) is 10.5. The van der Waals surface area contributed by atoms with Crippen LogP contribution in [0.4, 0.5) is 10.1 Å². The number of hydrogen-bond donors (Lipinski definition) is 1. The Morgan fingerprint density at radius 2 is 1.70 bits per heavy atom. The van der Waals surface area contributed by atoms with Gasteiger partial charge >= 0.3 is 0 Å². The molecule has 0 spiro atoms. The van der Waals surface area contributed by atoms with E-state index >= 15 is 0 Å². The Kier molecular flexibility index (Phi) is 7.39. The van der Waals surface area contributed by atoms with E-state index < -0.39 is 52.6 Å². The molecule has 3 aromatic carbocycles. The maximum Gasteiger partial charge on any atom is 0.241 e. The van der Waals surface area contributed by atoms with E-state index in [1.165, 1.54) is 37.3 Å². The van der Waals surface area contributed by atoms with E-state index in [-0.39, 0.29) is 59.0 Å². The van der Waals surface area contributed by atoms with Crippen molar-refractivity contribution in [3.63, 3.8) is 0 Å². The number of imide groups is 2. The molecule has 9 nitrogen and oxygen atoms in total. The fraction of sp³-hybridized carbons (Fsp3) is 0.333. The summed E-state index contributed by atoms with van der Waals surface area (Å²) in [5, 5.41) is 11.3. The van der Waals surface area contributed by atoms with E-state index in [0.717, 1.165) is 16.5 Å². The molecule has 47 heavy (non-hydrogen) atoms. The Bertz CT molecular complexity index is 1880. The van der Waals surface area contributed by atoms with Gasteiger partial charge in [-0.2, -0.15) is 0 Å². The first-order chi connectivity index (χ1) is 22.5. The number of halogens is 2. The number of rotatable bonds is 6. The number of phenols is 1. The summed E-state index contributed by atoms with van der Waals surface area (Å²) in [6.07, 6.45) is 2.27. The number of aromatic hydroxyl groups is 1. The fourth-order valence-electron chi connectivity index (χ4n) is 8.34. The number of allylic oxidation sites excluding steroid dienone is 2.